The standard InChI is InChI=1S/C12H13N3O2/c1-8(13)11-10(7-17-15-11)12(16)14-9-5-3-2-4-6-9/h2-8H,13H2,1H3,(H,14,16)/t8-/m0/s1. The Morgan fingerprint density at radius 1 is 1.41 bits per heavy atom. The van der Waals surface area contributed by atoms with E-state index in [-0.39, 0.29) is 11.9 Å². The molecule has 1 aromatic carbocycles. The monoisotopic (exact) mass is 231 g/mol. The molecule has 0 aliphatic heterocycles. The Bertz CT molecular complexity index is 505. The van der Waals surface area contributed by atoms with Crippen molar-refractivity contribution in [3.05, 3.63) is 47.9 Å². The Labute approximate surface area is 98.6 Å². The fourth-order valence-electron chi connectivity index (χ4n) is 1.46. The van der Waals surface area contributed by atoms with Crippen molar-refractivity contribution in [2.75, 3.05) is 5.32 Å². The number of carbonyl (C=O) groups is 1. The zero-order valence-corrected chi connectivity index (χ0v) is 9.38. The van der Waals surface area contributed by atoms with Crippen LogP contribution in [0.2, 0.25) is 0 Å². The van der Waals surface area contributed by atoms with E-state index in [9.17, 15) is 4.79 Å². The molecule has 1 amide bonds. The molecule has 0 bridgehead atoms. The van der Waals surface area contributed by atoms with E-state index >= 15 is 0 Å². The van der Waals surface area contributed by atoms with Gasteiger partial charge in [-0.25, -0.2) is 0 Å². The van der Waals surface area contributed by atoms with Crippen LogP contribution in [0.15, 0.2) is 41.1 Å². The minimum atomic E-state index is -0.342. The number of anilines is 1. The maximum Gasteiger partial charge on any atom is 0.260 e. The Morgan fingerprint density at radius 2 is 2.12 bits per heavy atom. The molecule has 1 aromatic heterocycles. The first-order chi connectivity index (χ1) is 8.18. The summed E-state index contributed by atoms with van der Waals surface area (Å²) in [6.07, 6.45) is 1.30. The van der Waals surface area contributed by atoms with E-state index in [0.29, 0.717) is 16.9 Å². The summed E-state index contributed by atoms with van der Waals surface area (Å²) in [5.74, 6) is -0.273. The molecule has 1 heterocycles. The third-order valence-corrected chi connectivity index (χ3v) is 2.31. The fourth-order valence-corrected chi connectivity index (χ4v) is 1.46. The van der Waals surface area contributed by atoms with Crippen LogP contribution in [-0.4, -0.2) is 11.1 Å². The van der Waals surface area contributed by atoms with Crippen LogP contribution in [0.4, 0.5) is 5.69 Å². The van der Waals surface area contributed by atoms with Crippen molar-refractivity contribution in [3.8, 4) is 0 Å². The van der Waals surface area contributed by atoms with Gasteiger partial charge in [-0.15, -0.1) is 0 Å². The van der Waals surface area contributed by atoms with Crippen LogP contribution in [0.5, 0.6) is 0 Å². The zero-order valence-electron chi connectivity index (χ0n) is 9.38. The van der Waals surface area contributed by atoms with Gasteiger partial charge < -0.3 is 15.6 Å². The predicted molar refractivity (Wildman–Crippen MR) is 63.5 cm³/mol. The summed E-state index contributed by atoms with van der Waals surface area (Å²) < 4.78 is 4.77. The minimum Gasteiger partial charge on any atom is -0.364 e. The van der Waals surface area contributed by atoms with Crippen molar-refractivity contribution in [2.24, 2.45) is 5.73 Å². The number of para-hydroxylation sites is 1. The van der Waals surface area contributed by atoms with Crippen molar-refractivity contribution in [3.63, 3.8) is 0 Å². The van der Waals surface area contributed by atoms with Crippen LogP contribution in [0.25, 0.3) is 0 Å². The predicted octanol–water partition coefficient (Wildman–Crippen LogP) is 1.95. The van der Waals surface area contributed by atoms with Gasteiger partial charge in [0.2, 0.25) is 0 Å². The van der Waals surface area contributed by atoms with Gasteiger partial charge in [0.1, 0.15) is 17.5 Å². The van der Waals surface area contributed by atoms with Crippen molar-refractivity contribution < 1.29 is 9.32 Å². The summed E-state index contributed by atoms with van der Waals surface area (Å²) in [5.41, 5.74) is 7.23. The second kappa shape index (κ2) is 4.80. The smallest absolute Gasteiger partial charge is 0.260 e. The normalized spacial score (nSPS) is 12.1. The average Bonchev–Trinajstić information content (AvgIpc) is 2.79. The molecule has 0 aliphatic rings. The molecule has 2 rings (SSSR count). The van der Waals surface area contributed by atoms with E-state index in [1.165, 1.54) is 6.26 Å². The van der Waals surface area contributed by atoms with Gasteiger partial charge in [0, 0.05) is 11.7 Å². The van der Waals surface area contributed by atoms with Gasteiger partial charge in [-0.2, -0.15) is 0 Å². The van der Waals surface area contributed by atoms with Gasteiger partial charge in [0.05, 0.1) is 0 Å². The quantitative estimate of drug-likeness (QED) is 0.845. The summed E-state index contributed by atoms with van der Waals surface area (Å²) in [6.45, 7) is 1.75. The van der Waals surface area contributed by atoms with Gasteiger partial charge in [-0.1, -0.05) is 23.4 Å². The summed E-state index contributed by atoms with van der Waals surface area (Å²) in [4.78, 5) is 11.9. The highest BCUT2D eigenvalue weighted by molar-refractivity contribution is 6.04. The number of amides is 1. The van der Waals surface area contributed by atoms with Crippen LogP contribution in [0.3, 0.4) is 0 Å². The number of benzene rings is 1. The lowest BCUT2D eigenvalue weighted by molar-refractivity contribution is 0.102. The minimum absolute atomic E-state index is 0.273. The average molecular weight is 231 g/mol. The third-order valence-electron chi connectivity index (χ3n) is 2.31. The molecule has 0 aliphatic carbocycles. The lowest BCUT2D eigenvalue weighted by Gasteiger charge is -2.05. The van der Waals surface area contributed by atoms with Crippen LogP contribution >= 0.6 is 0 Å². The van der Waals surface area contributed by atoms with Crippen LogP contribution in [0.1, 0.15) is 29.0 Å². The highest BCUT2D eigenvalue weighted by atomic mass is 16.5. The molecular weight excluding hydrogens is 218 g/mol. The largest absolute Gasteiger partial charge is 0.364 e. The summed E-state index contributed by atoms with van der Waals surface area (Å²) in [5, 5.41) is 6.46. The summed E-state index contributed by atoms with van der Waals surface area (Å²) in [6, 6.07) is 8.83. The molecule has 0 saturated heterocycles. The molecule has 0 unspecified atom stereocenters. The number of nitrogens with one attached hydrogen (secondary N) is 1. The van der Waals surface area contributed by atoms with Crippen LogP contribution < -0.4 is 11.1 Å². The van der Waals surface area contributed by atoms with E-state index in [1.54, 1.807) is 19.1 Å². The fraction of sp³-hybridized carbons (Fsp3) is 0.167. The highest BCUT2D eigenvalue weighted by Crippen LogP contribution is 2.16. The van der Waals surface area contributed by atoms with Crippen LogP contribution in [0, 0.1) is 0 Å². The zero-order chi connectivity index (χ0) is 12.3. The number of aromatic nitrogens is 1. The van der Waals surface area contributed by atoms with E-state index in [1.807, 2.05) is 18.2 Å². The topological polar surface area (TPSA) is 81.2 Å². The number of nitrogens with two attached hydrogens (primary N) is 1. The first-order valence-electron chi connectivity index (χ1n) is 5.24. The first kappa shape index (κ1) is 11.3. The van der Waals surface area contributed by atoms with E-state index in [4.69, 9.17) is 10.3 Å². The molecule has 5 nitrogen and oxygen atoms in total. The van der Waals surface area contributed by atoms with Gasteiger partial charge in [-0.05, 0) is 19.1 Å². The van der Waals surface area contributed by atoms with Gasteiger partial charge >= 0.3 is 0 Å². The molecule has 1 atom stereocenters. The Hall–Kier alpha value is -2.14. The molecule has 0 spiro atoms. The van der Waals surface area contributed by atoms with Gasteiger partial charge in [0.25, 0.3) is 5.91 Å². The summed E-state index contributed by atoms with van der Waals surface area (Å²) >= 11 is 0. The number of nitrogens with zero attached hydrogens (tertiary/aromatic N) is 1. The second-order valence-corrected chi connectivity index (χ2v) is 3.72. The molecule has 0 saturated carbocycles. The molecule has 0 radical (unpaired) electrons. The molecule has 5 heteroatoms. The van der Waals surface area contributed by atoms with Crippen molar-refractivity contribution in [1.82, 2.24) is 5.16 Å². The summed E-state index contributed by atoms with van der Waals surface area (Å²) in [7, 11) is 0. The molecule has 88 valence electrons. The second-order valence-electron chi connectivity index (χ2n) is 3.72. The lowest BCUT2D eigenvalue weighted by Crippen LogP contribution is -2.16. The van der Waals surface area contributed by atoms with Gasteiger partial charge in [-0.3, -0.25) is 4.79 Å². The molecule has 3 N–H and O–H groups in total. The SMILES string of the molecule is C[C@H](N)c1nocc1C(=O)Nc1ccccc1. The number of hydrogen-bond donors (Lipinski definition) is 2. The van der Waals surface area contributed by atoms with Crippen molar-refractivity contribution >= 4 is 11.6 Å². The van der Waals surface area contributed by atoms with Crippen molar-refractivity contribution in [2.45, 2.75) is 13.0 Å². The first-order valence-corrected chi connectivity index (χ1v) is 5.24. The third kappa shape index (κ3) is 2.51. The number of carbonyl (C=O) groups excluding carboxylic acids is 1. The van der Waals surface area contributed by atoms with Gasteiger partial charge in [0.15, 0.2) is 0 Å². The molecule has 0 fully saturated rings. The highest BCUT2D eigenvalue weighted by Gasteiger charge is 2.18. The Balaban J connectivity index is 2.18. The maximum atomic E-state index is 11.9. The van der Waals surface area contributed by atoms with Crippen molar-refractivity contribution in [1.29, 1.82) is 0 Å². The molecular formula is C12H13N3O2. The Kier molecular flexibility index (Phi) is 3.20. The van der Waals surface area contributed by atoms with E-state index in [2.05, 4.69) is 10.5 Å². The maximum absolute atomic E-state index is 11.9. The van der Waals surface area contributed by atoms with E-state index < -0.39 is 0 Å². The Morgan fingerprint density at radius 3 is 2.76 bits per heavy atom. The number of hydrogen-bond acceptors (Lipinski definition) is 4. The number of rotatable bonds is 3. The molecule has 2 aromatic rings. The molecule has 17 heavy (non-hydrogen) atoms. The van der Waals surface area contributed by atoms with Crippen LogP contribution in [-0.2, 0) is 0 Å². The van der Waals surface area contributed by atoms with E-state index in [0.717, 1.165) is 0 Å². The lowest BCUT2D eigenvalue weighted by atomic mass is 10.1.